The standard InChI is InChI=1S/C27H24ClN3O4/c1-16(2)17-11-13-19(14-12-17)30-25(32)18-7-6-8-20(15-18)29-24-23(28)26(33)31(27(24)34)21-9-4-5-10-22(21)35-3/h4-16,29H,1-3H3,(H,30,32). The molecule has 8 heteroatoms. The molecule has 0 bridgehead atoms. The molecule has 0 aliphatic carbocycles. The fourth-order valence-electron chi connectivity index (χ4n) is 3.68. The van der Waals surface area contributed by atoms with E-state index in [4.69, 9.17) is 16.3 Å². The fraction of sp³-hybridized carbons (Fsp3) is 0.148. The molecule has 0 aromatic heterocycles. The van der Waals surface area contributed by atoms with Crippen LogP contribution in [0.1, 0.15) is 35.7 Å². The number of rotatable bonds is 7. The van der Waals surface area contributed by atoms with E-state index >= 15 is 0 Å². The molecular formula is C27H24ClN3O4. The van der Waals surface area contributed by atoms with E-state index in [0.717, 1.165) is 4.90 Å². The van der Waals surface area contributed by atoms with Gasteiger partial charge in [-0.1, -0.05) is 55.8 Å². The van der Waals surface area contributed by atoms with E-state index in [-0.39, 0.29) is 22.3 Å². The lowest BCUT2D eigenvalue weighted by molar-refractivity contribution is -0.120. The zero-order chi connectivity index (χ0) is 25.1. The molecule has 4 rings (SSSR count). The van der Waals surface area contributed by atoms with Crippen LogP contribution in [0.15, 0.2) is 83.5 Å². The third-order valence-electron chi connectivity index (χ3n) is 5.58. The summed E-state index contributed by atoms with van der Waals surface area (Å²) in [6.45, 7) is 4.21. The van der Waals surface area contributed by atoms with Gasteiger partial charge in [0.25, 0.3) is 17.7 Å². The second kappa shape index (κ2) is 10.0. The summed E-state index contributed by atoms with van der Waals surface area (Å²) in [5.41, 5.74) is 2.87. The number of para-hydroxylation sites is 2. The highest BCUT2D eigenvalue weighted by Gasteiger charge is 2.40. The molecule has 1 aliphatic heterocycles. The third-order valence-corrected chi connectivity index (χ3v) is 5.93. The van der Waals surface area contributed by atoms with E-state index < -0.39 is 11.8 Å². The Labute approximate surface area is 208 Å². The number of benzene rings is 3. The van der Waals surface area contributed by atoms with Crippen LogP contribution in [0.2, 0.25) is 0 Å². The van der Waals surface area contributed by atoms with Crippen molar-refractivity contribution in [3.63, 3.8) is 0 Å². The molecule has 0 saturated carbocycles. The Hall–Kier alpha value is -4.10. The number of carbonyl (C=O) groups excluding carboxylic acids is 3. The number of methoxy groups -OCH3 is 1. The van der Waals surface area contributed by atoms with Gasteiger partial charge in [-0.15, -0.1) is 0 Å². The molecule has 7 nitrogen and oxygen atoms in total. The maximum absolute atomic E-state index is 13.1. The topological polar surface area (TPSA) is 87.7 Å². The van der Waals surface area contributed by atoms with Gasteiger partial charge in [0.15, 0.2) is 0 Å². The number of ether oxygens (including phenoxy) is 1. The molecule has 1 aliphatic rings. The Morgan fingerprint density at radius 2 is 1.63 bits per heavy atom. The smallest absolute Gasteiger partial charge is 0.283 e. The molecule has 3 amide bonds. The summed E-state index contributed by atoms with van der Waals surface area (Å²) in [6, 6.07) is 20.9. The van der Waals surface area contributed by atoms with Gasteiger partial charge >= 0.3 is 0 Å². The molecule has 0 radical (unpaired) electrons. The Bertz CT molecular complexity index is 1330. The van der Waals surface area contributed by atoms with E-state index in [1.807, 2.05) is 24.3 Å². The lowest BCUT2D eigenvalue weighted by Gasteiger charge is -2.18. The molecule has 35 heavy (non-hydrogen) atoms. The number of carbonyl (C=O) groups is 3. The predicted molar refractivity (Wildman–Crippen MR) is 137 cm³/mol. The Morgan fingerprint density at radius 1 is 0.914 bits per heavy atom. The zero-order valence-corrected chi connectivity index (χ0v) is 20.2. The van der Waals surface area contributed by atoms with Crippen molar-refractivity contribution in [1.29, 1.82) is 0 Å². The van der Waals surface area contributed by atoms with Crippen LogP contribution in [0.25, 0.3) is 0 Å². The van der Waals surface area contributed by atoms with Crippen LogP contribution in [-0.2, 0) is 9.59 Å². The van der Waals surface area contributed by atoms with E-state index in [0.29, 0.717) is 28.6 Å². The van der Waals surface area contributed by atoms with Crippen molar-refractivity contribution in [3.8, 4) is 5.75 Å². The van der Waals surface area contributed by atoms with Crippen LogP contribution in [-0.4, -0.2) is 24.8 Å². The SMILES string of the molecule is COc1ccccc1N1C(=O)C(Cl)=C(Nc2cccc(C(=O)Nc3ccc(C(C)C)cc3)c2)C1=O. The van der Waals surface area contributed by atoms with Crippen molar-refractivity contribution in [3.05, 3.63) is 94.7 Å². The maximum Gasteiger partial charge on any atom is 0.283 e. The number of nitrogens with zero attached hydrogens (tertiary/aromatic N) is 1. The van der Waals surface area contributed by atoms with Crippen molar-refractivity contribution in [2.75, 3.05) is 22.6 Å². The maximum atomic E-state index is 13.1. The van der Waals surface area contributed by atoms with E-state index in [1.54, 1.807) is 48.5 Å². The Kier molecular flexibility index (Phi) is 6.89. The first-order valence-corrected chi connectivity index (χ1v) is 11.4. The van der Waals surface area contributed by atoms with Crippen molar-refractivity contribution in [2.24, 2.45) is 0 Å². The zero-order valence-electron chi connectivity index (χ0n) is 19.5. The second-order valence-corrected chi connectivity index (χ2v) is 8.62. The third kappa shape index (κ3) is 4.90. The van der Waals surface area contributed by atoms with E-state index in [9.17, 15) is 14.4 Å². The molecule has 0 unspecified atom stereocenters. The normalized spacial score (nSPS) is 13.5. The summed E-state index contributed by atoms with van der Waals surface area (Å²) >= 11 is 6.24. The number of anilines is 3. The van der Waals surface area contributed by atoms with Crippen LogP contribution < -0.4 is 20.3 Å². The van der Waals surface area contributed by atoms with Gasteiger partial charge in [-0.3, -0.25) is 14.4 Å². The molecule has 3 aromatic carbocycles. The summed E-state index contributed by atoms with van der Waals surface area (Å²) in [7, 11) is 1.45. The van der Waals surface area contributed by atoms with E-state index in [2.05, 4.69) is 24.5 Å². The number of halogens is 1. The van der Waals surface area contributed by atoms with E-state index in [1.165, 1.54) is 12.7 Å². The predicted octanol–water partition coefficient (Wildman–Crippen LogP) is 5.51. The molecule has 0 spiro atoms. The lowest BCUT2D eigenvalue weighted by Crippen LogP contribution is -2.32. The highest BCUT2D eigenvalue weighted by atomic mass is 35.5. The van der Waals surface area contributed by atoms with Gasteiger partial charge in [0, 0.05) is 16.9 Å². The van der Waals surface area contributed by atoms with Gasteiger partial charge in [-0.2, -0.15) is 0 Å². The number of amides is 3. The number of imide groups is 1. The molecule has 0 saturated heterocycles. The fourth-order valence-corrected chi connectivity index (χ4v) is 3.89. The minimum atomic E-state index is -0.664. The Morgan fingerprint density at radius 3 is 2.31 bits per heavy atom. The molecule has 2 N–H and O–H groups in total. The number of hydrogen-bond acceptors (Lipinski definition) is 5. The minimum Gasteiger partial charge on any atom is -0.495 e. The largest absolute Gasteiger partial charge is 0.495 e. The van der Waals surface area contributed by atoms with Crippen molar-refractivity contribution in [1.82, 2.24) is 0 Å². The first kappa shape index (κ1) is 24.0. The van der Waals surface area contributed by atoms with Crippen molar-refractivity contribution in [2.45, 2.75) is 19.8 Å². The summed E-state index contributed by atoms with van der Waals surface area (Å²) < 4.78 is 5.28. The van der Waals surface area contributed by atoms with Gasteiger partial charge in [0.1, 0.15) is 16.5 Å². The Balaban J connectivity index is 1.52. The highest BCUT2D eigenvalue weighted by molar-refractivity contribution is 6.53. The van der Waals surface area contributed by atoms with Crippen LogP contribution >= 0.6 is 11.6 Å². The quantitative estimate of drug-likeness (QED) is 0.427. The number of hydrogen-bond donors (Lipinski definition) is 2. The first-order valence-electron chi connectivity index (χ1n) is 11.0. The minimum absolute atomic E-state index is 0.0793. The molecular weight excluding hydrogens is 466 g/mol. The van der Waals surface area contributed by atoms with Gasteiger partial charge in [0.2, 0.25) is 0 Å². The molecule has 3 aromatic rings. The second-order valence-electron chi connectivity index (χ2n) is 8.24. The average Bonchev–Trinajstić information content (AvgIpc) is 3.07. The van der Waals surface area contributed by atoms with Crippen LogP contribution in [0.5, 0.6) is 5.75 Å². The van der Waals surface area contributed by atoms with Crippen molar-refractivity contribution < 1.29 is 19.1 Å². The first-order chi connectivity index (χ1) is 16.8. The number of nitrogens with one attached hydrogen (secondary N) is 2. The van der Waals surface area contributed by atoms with Crippen LogP contribution in [0.3, 0.4) is 0 Å². The van der Waals surface area contributed by atoms with Crippen molar-refractivity contribution >= 4 is 46.4 Å². The summed E-state index contributed by atoms with van der Waals surface area (Å²) in [6.07, 6.45) is 0. The average molecular weight is 490 g/mol. The van der Waals surface area contributed by atoms with Gasteiger partial charge in [-0.05, 0) is 53.9 Å². The summed E-state index contributed by atoms with van der Waals surface area (Å²) in [5.74, 6) is -0.838. The molecule has 0 atom stereocenters. The monoisotopic (exact) mass is 489 g/mol. The highest BCUT2D eigenvalue weighted by Crippen LogP contribution is 2.35. The van der Waals surface area contributed by atoms with Gasteiger partial charge in [-0.25, -0.2) is 4.90 Å². The molecule has 178 valence electrons. The van der Waals surface area contributed by atoms with Crippen LogP contribution in [0.4, 0.5) is 17.1 Å². The summed E-state index contributed by atoms with van der Waals surface area (Å²) in [4.78, 5) is 39.6. The van der Waals surface area contributed by atoms with Crippen LogP contribution in [0, 0.1) is 0 Å². The summed E-state index contributed by atoms with van der Waals surface area (Å²) in [5, 5.41) is 5.52. The molecule has 1 heterocycles. The molecule has 0 fully saturated rings. The lowest BCUT2D eigenvalue weighted by atomic mass is 10.0. The van der Waals surface area contributed by atoms with Gasteiger partial charge < -0.3 is 15.4 Å². The van der Waals surface area contributed by atoms with Gasteiger partial charge in [0.05, 0.1) is 12.8 Å².